The van der Waals surface area contributed by atoms with Crippen LogP contribution >= 0.6 is 11.8 Å². The Kier molecular flexibility index (Phi) is 5.12. The second-order valence-electron chi connectivity index (χ2n) is 4.76. The van der Waals surface area contributed by atoms with E-state index in [4.69, 9.17) is 4.74 Å². The maximum absolute atomic E-state index is 11.5. The molecule has 4 unspecified atom stereocenters. The number of ether oxygens (including phenoxy) is 1. The molecule has 1 heterocycles. The number of carbonyl (C=O) groups is 1. The summed E-state index contributed by atoms with van der Waals surface area (Å²) in [7, 11) is 1.46. The van der Waals surface area contributed by atoms with Crippen molar-refractivity contribution in [1.29, 1.82) is 0 Å². The van der Waals surface area contributed by atoms with Gasteiger partial charge in [0.1, 0.15) is 0 Å². The van der Waals surface area contributed by atoms with Crippen LogP contribution in [0.3, 0.4) is 0 Å². The number of carbonyl (C=O) groups excluding carboxylic acids is 1. The quantitative estimate of drug-likeness (QED) is 0.711. The molecule has 0 spiro atoms. The first-order chi connectivity index (χ1) is 7.45. The minimum Gasteiger partial charge on any atom is -0.469 e. The molecule has 0 bridgehead atoms. The zero-order valence-electron chi connectivity index (χ0n) is 10.9. The molecule has 16 heavy (non-hydrogen) atoms. The summed E-state index contributed by atoms with van der Waals surface area (Å²) in [5.41, 5.74) is 0. The molecule has 0 aliphatic carbocycles. The Morgan fingerprint density at radius 2 is 1.81 bits per heavy atom. The molecular formula is C12H23NO2S. The first-order valence-electron chi connectivity index (χ1n) is 5.93. The third kappa shape index (κ3) is 3.39. The van der Waals surface area contributed by atoms with E-state index in [0.29, 0.717) is 10.5 Å². The van der Waals surface area contributed by atoms with Crippen molar-refractivity contribution in [2.75, 3.05) is 20.2 Å². The van der Waals surface area contributed by atoms with E-state index in [9.17, 15) is 4.79 Å². The summed E-state index contributed by atoms with van der Waals surface area (Å²) in [6.07, 6.45) is 0. The molecule has 1 saturated heterocycles. The van der Waals surface area contributed by atoms with E-state index in [1.165, 1.54) is 7.11 Å². The molecule has 1 aliphatic heterocycles. The third-order valence-corrected chi connectivity index (χ3v) is 4.55. The predicted octanol–water partition coefficient (Wildman–Crippen LogP) is 2.01. The van der Waals surface area contributed by atoms with Crippen LogP contribution < -0.4 is 0 Å². The largest absolute Gasteiger partial charge is 0.469 e. The zero-order chi connectivity index (χ0) is 12.3. The summed E-state index contributed by atoms with van der Waals surface area (Å²) >= 11 is 2.03. The lowest BCUT2D eigenvalue weighted by Crippen LogP contribution is -2.49. The van der Waals surface area contributed by atoms with Crippen molar-refractivity contribution in [3.05, 3.63) is 0 Å². The van der Waals surface area contributed by atoms with Crippen molar-refractivity contribution in [3.63, 3.8) is 0 Å². The highest BCUT2D eigenvalue weighted by molar-refractivity contribution is 8.00. The van der Waals surface area contributed by atoms with Crippen LogP contribution in [-0.2, 0) is 9.53 Å². The molecule has 1 aliphatic rings. The fraction of sp³-hybridized carbons (Fsp3) is 0.917. The van der Waals surface area contributed by atoms with Crippen molar-refractivity contribution in [2.45, 2.75) is 44.2 Å². The van der Waals surface area contributed by atoms with Crippen LogP contribution in [0.4, 0.5) is 0 Å². The number of nitrogens with zero attached hydrogens (tertiary/aromatic N) is 1. The van der Waals surface area contributed by atoms with E-state index in [1.54, 1.807) is 0 Å². The van der Waals surface area contributed by atoms with E-state index < -0.39 is 0 Å². The van der Waals surface area contributed by atoms with Gasteiger partial charge in [-0.3, -0.25) is 9.69 Å². The van der Waals surface area contributed by atoms with Gasteiger partial charge in [0.15, 0.2) is 0 Å². The van der Waals surface area contributed by atoms with Crippen LogP contribution in [0.15, 0.2) is 0 Å². The predicted molar refractivity (Wildman–Crippen MR) is 68.7 cm³/mol. The fourth-order valence-corrected chi connectivity index (χ4v) is 3.60. The van der Waals surface area contributed by atoms with E-state index in [-0.39, 0.29) is 17.9 Å². The highest BCUT2D eigenvalue weighted by Gasteiger charge is 2.31. The molecule has 0 aromatic heterocycles. The molecular weight excluding hydrogens is 222 g/mol. The van der Waals surface area contributed by atoms with E-state index in [0.717, 1.165) is 13.1 Å². The second-order valence-corrected chi connectivity index (χ2v) is 6.65. The van der Waals surface area contributed by atoms with Gasteiger partial charge in [0.05, 0.1) is 13.0 Å². The van der Waals surface area contributed by atoms with Crippen molar-refractivity contribution in [2.24, 2.45) is 5.92 Å². The monoisotopic (exact) mass is 245 g/mol. The summed E-state index contributed by atoms with van der Waals surface area (Å²) < 4.78 is 4.81. The van der Waals surface area contributed by atoms with Crippen LogP contribution in [0.25, 0.3) is 0 Å². The average Bonchev–Trinajstić information content (AvgIpc) is 2.24. The van der Waals surface area contributed by atoms with Crippen LogP contribution in [0, 0.1) is 5.92 Å². The first kappa shape index (κ1) is 13.8. The fourth-order valence-electron chi connectivity index (χ4n) is 2.25. The number of rotatable bonds is 3. The number of hydrogen-bond acceptors (Lipinski definition) is 4. The van der Waals surface area contributed by atoms with Crippen molar-refractivity contribution in [3.8, 4) is 0 Å². The van der Waals surface area contributed by atoms with Gasteiger partial charge >= 0.3 is 5.97 Å². The number of hydrogen-bond donors (Lipinski definition) is 0. The second kappa shape index (κ2) is 5.92. The smallest absolute Gasteiger partial charge is 0.309 e. The lowest BCUT2D eigenvalue weighted by atomic mass is 10.0. The van der Waals surface area contributed by atoms with Gasteiger partial charge in [-0.25, -0.2) is 0 Å². The lowest BCUT2D eigenvalue weighted by molar-refractivity contribution is -0.147. The number of methoxy groups -OCH3 is 1. The topological polar surface area (TPSA) is 29.5 Å². The first-order valence-corrected chi connectivity index (χ1v) is 6.87. The molecule has 1 rings (SSSR count). The van der Waals surface area contributed by atoms with Gasteiger partial charge in [0, 0.05) is 29.6 Å². The van der Waals surface area contributed by atoms with Gasteiger partial charge in [0.2, 0.25) is 0 Å². The molecule has 4 atom stereocenters. The minimum atomic E-state index is -0.106. The summed E-state index contributed by atoms with van der Waals surface area (Å²) in [6, 6.07) is 0.262. The summed E-state index contributed by atoms with van der Waals surface area (Å²) in [6.45, 7) is 10.7. The third-order valence-electron chi connectivity index (χ3n) is 3.32. The molecule has 0 aromatic rings. The van der Waals surface area contributed by atoms with Gasteiger partial charge in [-0.1, -0.05) is 20.8 Å². The van der Waals surface area contributed by atoms with E-state index >= 15 is 0 Å². The molecule has 1 fully saturated rings. The van der Waals surface area contributed by atoms with Crippen LogP contribution in [0.2, 0.25) is 0 Å². The Morgan fingerprint density at radius 3 is 2.25 bits per heavy atom. The van der Waals surface area contributed by atoms with Crippen LogP contribution in [0.5, 0.6) is 0 Å². The Bertz CT molecular complexity index is 237. The maximum atomic E-state index is 11.5. The van der Waals surface area contributed by atoms with Crippen LogP contribution in [0.1, 0.15) is 27.7 Å². The molecule has 3 nitrogen and oxygen atoms in total. The Hall–Kier alpha value is -0.220. The highest BCUT2D eigenvalue weighted by Crippen LogP contribution is 2.27. The standard InChI is InChI=1S/C12H23NO2S/c1-8-6-13(7-9(2)16-8)11(4)10(3)12(14)15-5/h8-11H,6-7H2,1-5H3. The van der Waals surface area contributed by atoms with Gasteiger partial charge in [-0.2, -0.15) is 11.8 Å². The highest BCUT2D eigenvalue weighted by atomic mass is 32.2. The van der Waals surface area contributed by atoms with Crippen molar-refractivity contribution < 1.29 is 9.53 Å². The summed E-state index contributed by atoms with van der Waals surface area (Å²) in [5, 5.41) is 1.30. The lowest BCUT2D eigenvalue weighted by Gasteiger charge is -2.40. The average molecular weight is 245 g/mol. The Morgan fingerprint density at radius 1 is 1.31 bits per heavy atom. The molecule has 0 radical (unpaired) electrons. The normalized spacial score (nSPS) is 30.8. The summed E-state index contributed by atoms with van der Waals surface area (Å²) in [4.78, 5) is 13.9. The van der Waals surface area contributed by atoms with Gasteiger partial charge in [-0.15, -0.1) is 0 Å². The number of esters is 1. The minimum absolute atomic E-state index is 0.0486. The molecule has 0 N–H and O–H groups in total. The molecule has 0 amide bonds. The van der Waals surface area contributed by atoms with E-state index in [1.807, 2.05) is 18.7 Å². The van der Waals surface area contributed by atoms with Gasteiger partial charge in [-0.05, 0) is 6.92 Å². The van der Waals surface area contributed by atoms with Crippen LogP contribution in [-0.4, -0.2) is 47.6 Å². The molecule has 0 saturated carbocycles. The molecule has 0 aromatic carbocycles. The summed E-state index contributed by atoms with van der Waals surface area (Å²) in [5.74, 6) is -0.154. The number of thioether (sulfide) groups is 1. The van der Waals surface area contributed by atoms with Gasteiger partial charge in [0.25, 0.3) is 0 Å². The van der Waals surface area contributed by atoms with E-state index in [2.05, 4.69) is 25.7 Å². The maximum Gasteiger partial charge on any atom is 0.309 e. The molecule has 94 valence electrons. The van der Waals surface area contributed by atoms with Gasteiger partial charge < -0.3 is 4.74 Å². The van der Waals surface area contributed by atoms with Crippen molar-refractivity contribution in [1.82, 2.24) is 4.90 Å². The Balaban J connectivity index is 2.58. The Labute approximate surface area is 103 Å². The SMILES string of the molecule is COC(=O)C(C)C(C)N1CC(C)SC(C)C1. The van der Waals surface area contributed by atoms with Crippen molar-refractivity contribution >= 4 is 17.7 Å². The molecule has 4 heteroatoms. The zero-order valence-corrected chi connectivity index (χ0v) is 11.7.